The predicted octanol–water partition coefficient (Wildman–Crippen LogP) is 2.40. The Hall–Kier alpha value is -0.710. The maximum absolute atomic E-state index is 12.1. The molecule has 2 N–H and O–H groups in total. The first-order valence-corrected chi connectivity index (χ1v) is 7.25. The summed E-state index contributed by atoms with van der Waals surface area (Å²) in [6.07, 6.45) is 0. The summed E-state index contributed by atoms with van der Waals surface area (Å²) in [6.45, 7) is 4.63. The summed E-state index contributed by atoms with van der Waals surface area (Å²) >= 11 is 7.82. The maximum atomic E-state index is 12.1. The minimum atomic E-state index is -0.148. The zero-order chi connectivity index (χ0) is 13.2. The molecule has 2 rings (SSSR count). The molecule has 0 saturated carbocycles. The van der Waals surface area contributed by atoms with Crippen molar-refractivity contribution in [3.63, 3.8) is 0 Å². The van der Waals surface area contributed by atoms with Crippen LogP contribution in [-0.2, 0) is 11.3 Å². The summed E-state index contributed by atoms with van der Waals surface area (Å²) in [6, 6.07) is 7.40. The van der Waals surface area contributed by atoms with Gasteiger partial charge < -0.3 is 5.32 Å². The fraction of sp³-hybridized carbons (Fsp3) is 0.462. The van der Waals surface area contributed by atoms with E-state index < -0.39 is 0 Å². The lowest BCUT2D eigenvalue weighted by Crippen LogP contribution is -2.49. The molecule has 98 valence electrons. The van der Waals surface area contributed by atoms with Gasteiger partial charge in [0, 0.05) is 22.2 Å². The van der Waals surface area contributed by atoms with Gasteiger partial charge in [0.25, 0.3) is 0 Å². The lowest BCUT2D eigenvalue weighted by atomic mass is 10.0. The van der Waals surface area contributed by atoms with Crippen molar-refractivity contribution in [1.82, 2.24) is 10.6 Å². The number of rotatable bonds is 3. The normalized spacial score (nSPS) is 21.8. The molecule has 1 heterocycles. The Kier molecular flexibility index (Phi) is 4.20. The van der Waals surface area contributed by atoms with Crippen LogP contribution in [0.15, 0.2) is 24.3 Å². The molecule has 0 bridgehead atoms. The van der Waals surface area contributed by atoms with Crippen molar-refractivity contribution in [1.29, 1.82) is 0 Å². The van der Waals surface area contributed by atoms with Gasteiger partial charge in [-0.2, -0.15) is 0 Å². The van der Waals surface area contributed by atoms with E-state index in [2.05, 4.69) is 24.5 Å². The number of carbonyl (C=O) groups excluding carboxylic acids is 1. The smallest absolute Gasteiger partial charge is 0.238 e. The third-order valence-corrected chi connectivity index (χ3v) is 4.76. The molecule has 1 aliphatic heterocycles. The Balaban J connectivity index is 1.95. The molecule has 1 unspecified atom stereocenters. The minimum Gasteiger partial charge on any atom is -0.351 e. The summed E-state index contributed by atoms with van der Waals surface area (Å²) in [5.41, 5.74) is 0.941. The maximum Gasteiger partial charge on any atom is 0.238 e. The van der Waals surface area contributed by atoms with Crippen molar-refractivity contribution in [2.75, 3.05) is 5.88 Å². The molecule has 1 aromatic rings. The molecule has 0 radical (unpaired) electrons. The van der Waals surface area contributed by atoms with Crippen LogP contribution >= 0.6 is 23.4 Å². The number of hydrogen-bond donors (Lipinski definition) is 2. The van der Waals surface area contributed by atoms with E-state index in [1.165, 1.54) is 0 Å². The number of hydrogen-bond acceptors (Lipinski definition) is 3. The Morgan fingerprint density at radius 3 is 2.89 bits per heavy atom. The molecule has 5 heteroatoms. The first kappa shape index (κ1) is 13.7. The van der Waals surface area contributed by atoms with Crippen LogP contribution in [0.1, 0.15) is 19.4 Å². The summed E-state index contributed by atoms with van der Waals surface area (Å²) in [5.74, 6) is 0.849. The van der Waals surface area contributed by atoms with Crippen LogP contribution < -0.4 is 10.6 Å². The van der Waals surface area contributed by atoms with Gasteiger partial charge in [0.15, 0.2) is 0 Å². The number of thioether (sulfide) groups is 1. The molecule has 1 aromatic carbocycles. The van der Waals surface area contributed by atoms with Crippen molar-refractivity contribution in [2.24, 2.45) is 0 Å². The Morgan fingerprint density at radius 1 is 1.56 bits per heavy atom. The van der Waals surface area contributed by atoms with Crippen molar-refractivity contribution in [3.05, 3.63) is 34.9 Å². The van der Waals surface area contributed by atoms with Crippen LogP contribution in [0.5, 0.6) is 0 Å². The van der Waals surface area contributed by atoms with Crippen molar-refractivity contribution in [2.45, 2.75) is 31.2 Å². The highest BCUT2D eigenvalue weighted by Gasteiger charge is 2.39. The largest absolute Gasteiger partial charge is 0.351 e. The molecular weight excluding hydrogens is 268 g/mol. The Labute approximate surface area is 117 Å². The van der Waals surface area contributed by atoms with E-state index in [1.807, 2.05) is 24.3 Å². The highest BCUT2D eigenvalue weighted by molar-refractivity contribution is 8.00. The molecule has 0 aromatic heterocycles. The monoisotopic (exact) mass is 284 g/mol. The molecular formula is C13H17ClN2OS. The average molecular weight is 285 g/mol. The quantitative estimate of drug-likeness (QED) is 0.896. The second kappa shape index (κ2) is 5.51. The summed E-state index contributed by atoms with van der Waals surface area (Å²) in [5, 5.41) is 6.84. The van der Waals surface area contributed by atoms with Crippen LogP contribution in [0.25, 0.3) is 0 Å². The van der Waals surface area contributed by atoms with E-state index in [1.54, 1.807) is 11.8 Å². The number of benzene rings is 1. The second-order valence-electron chi connectivity index (χ2n) is 4.84. The molecule has 1 atom stereocenters. The summed E-state index contributed by atoms with van der Waals surface area (Å²) in [4.78, 5) is 12.1. The predicted molar refractivity (Wildman–Crippen MR) is 76.8 cm³/mol. The van der Waals surface area contributed by atoms with Gasteiger partial charge in [-0.05, 0) is 25.5 Å². The van der Waals surface area contributed by atoms with Crippen LogP contribution in [0.4, 0.5) is 0 Å². The third-order valence-electron chi connectivity index (χ3n) is 3.10. The van der Waals surface area contributed by atoms with Gasteiger partial charge in [-0.15, -0.1) is 11.8 Å². The van der Waals surface area contributed by atoms with E-state index in [0.29, 0.717) is 11.6 Å². The van der Waals surface area contributed by atoms with Crippen molar-refractivity contribution in [3.8, 4) is 0 Å². The van der Waals surface area contributed by atoms with Gasteiger partial charge >= 0.3 is 0 Å². The summed E-state index contributed by atoms with van der Waals surface area (Å²) in [7, 11) is 0. The highest BCUT2D eigenvalue weighted by Crippen LogP contribution is 2.32. The first-order chi connectivity index (χ1) is 8.50. The van der Waals surface area contributed by atoms with E-state index in [0.717, 1.165) is 11.4 Å². The van der Waals surface area contributed by atoms with E-state index >= 15 is 0 Å². The second-order valence-corrected chi connectivity index (χ2v) is 6.88. The van der Waals surface area contributed by atoms with Crippen LogP contribution in [0.2, 0.25) is 5.02 Å². The molecule has 18 heavy (non-hydrogen) atoms. The number of halogens is 1. The van der Waals surface area contributed by atoms with Crippen LogP contribution in [-0.4, -0.2) is 22.6 Å². The molecule has 3 nitrogen and oxygen atoms in total. The molecule has 0 aliphatic carbocycles. The highest BCUT2D eigenvalue weighted by atomic mass is 35.5. The fourth-order valence-corrected chi connectivity index (χ4v) is 3.16. The van der Waals surface area contributed by atoms with Crippen LogP contribution in [0, 0.1) is 0 Å². The first-order valence-electron chi connectivity index (χ1n) is 5.89. The third kappa shape index (κ3) is 2.99. The van der Waals surface area contributed by atoms with Gasteiger partial charge in [0.05, 0.1) is 0 Å². The van der Waals surface area contributed by atoms with Crippen molar-refractivity contribution < 1.29 is 4.79 Å². The molecule has 1 amide bonds. The Morgan fingerprint density at radius 2 is 2.28 bits per heavy atom. The van der Waals surface area contributed by atoms with E-state index in [9.17, 15) is 4.79 Å². The number of nitrogens with one attached hydrogen (secondary N) is 2. The standard InChI is InChI=1S/C13H17ClN2OS/c1-13(2)11(16-8-18-13)12(17)15-7-9-5-3-4-6-10(9)14/h3-6,11,16H,7-8H2,1-2H3,(H,15,17). The minimum absolute atomic E-state index is 0.0323. The lowest BCUT2D eigenvalue weighted by molar-refractivity contribution is -0.123. The molecule has 1 aliphatic rings. The van der Waals surface area contributed by atoms with Gasteiger partial charge in [-0.25, -0.2) is 0 Å². The molecule has 1 saturated heterocycles. The van der Waals surface area contributed by atoms with E-state index in [-0.39, 0.29) is 16.7 Å². The lowest BCUT2D eigenvalue weighted by Gasteiger charge is -2.24. The topological polar surface area (TPSA) is 41.1 Å². The SMILES string of the molecule is CC1(C)SCNC1C(=O)NCc1ccccc1Cl. The van der Waals surface area contributed by atoms with Gasteiger partial charge in [0.2, 0.25) is 5.91 Å². The summed E-state index contributed by atoms with van der Waals surface area (Å²) < 4.78 is -0.0649. The number of carbonyl (C=O) groups is 1. The zero-order valence-corrected chi connectivity index (χ0v) is 12.1. The van der Waals surface area contributed by atoms with Gasteiger partial charge in [0.1, 0.15) is 6.04 Å². The Bertz CT molecular complexity index is 450. The number of amides is 1. The zero-order valence-electron chi connectivity index (χ0n) is 10.5. The van der Waals surface area contributed by atoms with Gasteiger partial charge in [-0.1, -0.05) is 29.8 Å². The van der Waals surface area contributed by atoms with E-state index in [4.69, 9.17) is 11.6 Å². The van der Waals surface area contributed by atoms with Crippen LogP contribution in [0.3, 0.4) is 0 Å². The fourth-order valence-electron chi connectivity index (χ4n) is 1.97. The molecule has 1 fully saturated rings. The van der Waals surface area contributed by atoms with Crippen molar-refractivity contribution >= 4 is 29.3 Å². The van der Waals surface area contributed by atoms with Gasteiger partial charge in [-0.3, -0.25) is 10.1 Å². The molecule has 0 spiro atoms. The average Bonchev–Trinajstić information content (AvgIpc) is 2.67.